The van der Waals surface area contributed by atoms with Gasteiger partial charge in [-0.2, -0.15) is 0 Å². The lowest BCUT2D eigenvalue weighted by atomic mass is 10.1. The molecule has 0 N–H and O–H groups in total. The Bertz CT molecular complexity index is 1160. The molecule has 7 nitrogen and oxygen atoms in total. The molecule has 2 aromatic carbocycles. The molecule has 7 heteroatoms. The molecule has 0 spiro atoms. The Morgan fingerprint density at radius 3 is 2.67 bits per heavy atom. The summed E-state index contributed by atoms with van der Waals surface area (Å²) in [5.74, 6) is 1.56. The highest BCUT2D eigenvalue weighted by Crippen LogP contribution is 2.25. The molecule has 0 saturated carbocycles. The monoisotopic (exact) mass is 403 g/mol. The molecule has 0 bridgehead atoms. The van der Waals surface area contributed by atoms with Gasteiger partial charge in [-0.05, 0) is 46.7 Å². The van der Waals surface area contributed by atoms with Crippen molar-refractivity contribution in [2.75, 3.05) is 14.2 Å². The quantitative estimate of drug-likeness (QED) is 0.463. The Balaban J connectivity index is 1.39. The van der Waals surface area contributed by atoms with Crippen LogP contribution in [-0.4, -0.2) is 34.9 Å². The Morgan fingerprint density at radius 1 is 1.10 bits per heavy atom. The first kappa shape index (κ1) is 19.4. The van der Waals surface area contributed by atoms with Crippen LogP contribution in [0.25, 0.3) is 10.8 Å². The third-order valence-corrected chi connectivity index (χ3v) is 4.64. The number of amides is 1. The number of benzene rings is 2. The van der Waals surface area contributed by atoms with E-state index in [2.05, 4.69) is 9.97 Å². The van der Waals surface area contributed by atoms with Crippen molar-refractivity contribution >= 4 is 16.7 Å². The molecule has 30 heavy (non-hydrogen) atoms. The van der Waals surface area contributed by atoms with E-state index in [-0.39, 0.29) is 18.2 Å². The number of hydrogen-bond donors (Lipinski definition) is 0. The standard InChI is InChI=1S/C23H21N3O4/c1-26(13-16-4-3-9-24-12-16)23(27)21-14-30-22(25-21)15-29-20-8-6-17-5-7-19(28-2)10-18(17)11-20/h3-12,14H,13,15H2,1-2H3. The van der Waals surface area contributed by atoms with E-state index in [0.29, 0.717) is 18.2 Å². The number of methoxy groups -OCH3 is 1. The summed E-state index contributed by atoms with van der Waals surface area (Å²) in [6.07, 6.45) is 4.78. The van der Waals surface area contributed by atoms with Crippen LogP contribution < -0.4 is 9.47 Å². The zero-order valence-corrected chi connectivity index (χ0v) is 16.7. The number of carbonyl (C=O) groups excluding carboxylic acids is 1. The number of rotatable bonds is 7. The second-order valence-electron chi connectivity index (χ2n) is 6.81. The van der Waals surface area contributed by atoms with Crippen LogP contribution in [0.2, 0.25) is 0 Å². The molecule has 0 radical (unpaired) electrons. The average Bonchev–Trinajstić information content (AvgIpc) is 3.26. The number of oxazole rings is 1. The van der Waals surface area contributed by atoms with Crippen LogP contribution in [-0.2, 0) is 13.2 Å². The highest BCUT2D eigenvalue weighted by molar-refractivity contribution is 5.91. The molecule has 2 aromatic heterocycles. The van der Waals surface area contributed by atoms with Gasteiger partial charge in [-0.3, -0.25) is 9.78 Å². The van der Waals surface area contributed by atoms with Gasteiger partial charge in [-0.1, -0.05) is 18.2 Å². The van der Waals surface area contributed by atoms with Crippen LogP contribution in [0.4, 0.5) is 0 Å². The molecular formula is C23H21N3O4. The van der Waals surface area contributed by atoms with E-state index in [1.807, 2.05) is 48.5 Å². The molecule has 0 aliphatic heterocycles. The topological polar surface area (TPSA) is 77.7 Å². The summed E-state index contributed by atoms with van der Waals surface area (Å²) in [4.78, 5) is 22.5. The second kappa shape index (κ2) is 8.65. The fourth-order valence-corrected chi connectivity index (χ4v) is 3.07. The predicted octanol–water partition coefficient (Wildman–Crippen LogP) is 4.08. The van der Waals surface area contributed by atoms with Gasteiger partial charge in [0.2, 0.25) is 5.89 Å². The first-order valence-corrected chi connectivity index (χ1v) is 9.42. The van der Waals surface area contributed by atoms with Gasteiger partial charge in [-0.15, -0.1) is 0 Å². The van der Waals surface area contributed by atoms with Crippen molar-refractivity contribution in [3.05, 3.63) is 84.3 Å². The lowest BCUT2D eigenvalue weighted by Crippen LogP contribution is -2.26. The average molecular weight is 403 g/mol. The number of nitrogens with zero attached hydrogens (tertiary/aromatic N) is 3. The van der Waals surface area contributed by atoms with E-state index in [0.717, 1.165) is 22.1 Å². The van der Waals surface area contributed by atoms with Gasteiger partial charge < -0.3 is 18.8 Å². The van der Waals surface area contributed by atoms with Gasteiger partial charge in [-0.25, -0.2) is 4.98 Å². The van der Waals surface area contributed by atoms with Gasteiger partial charge in [0.05, 0.1) is 7.11 Å². The lowest BCUT2D eigenvalue weighted by molar-refractivity contribution is 0.0779. The summed E-state index contributed by atoms with van der Waals surface area (Å²) >= 11 is 0. The molecular weight excluding hydrogens is 382 g/mol. The van der Waals surface area contributed by atoms with Gasteiger partial charge in [0.15, 0.2) is 12.3 Å². The van der Waals surface area contributed by atoms with Crippen molar-refractivity contribution in [3.8, 4) is 11.5 Å². The number of hydrogen-bond acceptors (Lipinski definition) is 6. The maximum absolute atomic E-state index is 12.6. The maximum atomic E-state index is 12.6. The molecule has 0 saturated heterocycles. The summed E-state index contributed by atoms with van der Waals surface area (Å²) in [5, 5.41) is 2.09. The van der Waals surface area contributed by atoms with E-state index in [9.17, 15) is 4.79 Å². The maximum Gasteiger partial charge on any atom is 0.275 e. The first-order valence-electron chi connectivity index (χ1n) is 9.42. The minimum Gasteiger partial charge on any atom is -0.497 e. The van der Waals surface area contributed by atoms with Crippen molar-refractivity contribution in [1.82, 2.24) is 14.9 Å². The Labute approximate surface area is 173 Å². The van der Waals surface area contributed by atoms with E-state index >= 15 is 0 Å². The molecule has 4 rings (SSSR count). The molecule has 4 aromatic rings. The number of pyridine rings is 1. The molecule has 0 atom stereocenters. The molecule has 1 amide bonds. The number of carbonyl (C=O) groups is 1. The molecule has 152 valence electrons. The van der Waals surface area contributed by atoms with Crippen molar-refractivity contribution in [1.29, 1.82) is 0 Å². The van der Waals surface area contributed by atoms with E-state index in [1.165, 1.54) is 6.26 Å². The van der Waals surface area contributed by atoms with Crippen molar-refractivity contribution in [2.45, 2.75) is 13.2 Å². The van der Waals surface area contributed by atoms with E-state index in [1.54, 1.807) is 31.5 Å². The van der Waals surface area contributed by atoms with Crippen LogP contribution in [0.15, 0.2) is 71.6 Å². The molecule has 0 unspecified atom stereocenters. The molecule has 0 aliphatic carbocycles. The summed E-state index contributed by atoms with van der Waals surface area (Å²) in [5.41, 5.74) is 1.18. The Hall–Kier alpha value is -3.87. The molecule has 2 heterocycles. The minimum absolute atomic E-state index is 0.120. The van der Waals surface area contributed by atoms with Crippen molar-refractivity contribution in [3.63, 3.8) is 0 Å². The fraction of sp³-hybridized carbons (Fsp3) is 0.174. The lowest BCUT2D eigenvalue weighted by Gasteiger charge is -2.15. The zero-order valence-electron chi connectivity index (χ0n) is 16.7. The van der Waals surface area contributed by atoms with Crippen LogP contribution in [0, 0.1) is 0 Å². The van der Waals surface area contributed by atoms with Gasteiger partial charge in [0, 0.05) is 26.0 Å². The SMILES string of the molecule is COc1ccc2ccc(OCc3nc(C(=O)N(C)Cc4cccnc4)co3)cc2c1. The number of aromatic nitrogens is 2. The van der Waals surface area contributed by atoms with Gasteiger partial charge in [0.1, 0.15) is 17.8 Å². The number of fused-ring (bicyclic) bond motifs is 1. The van der Waals surface area contributed by atoms with Crippen LogP contribution in [0.1, 0.15) is 21.9 Å². The van der Waals surface area contributed by atoms with Crippen molar-refractivity contribution < 1.29 is 18.7 Å². The summed E-state index contributed by atoms with van der Waals surface area (Å²) in [6.45, 7) is 0.557. The van der Waals surface area contributed by atoms with Crippen molar-refractivity contribution in [2.24, 2.45) is 0 Å². The Morgan fingerprint density at radius 2 is 1.90 bits per heavy atom. The van der Waals surface area contributed by atoms with Gasteiger partial charge in [0.25, 0.3) is 5.91 Å². The minimum atomic E-state index is -0.230. The van der Waals surface area contributed by atoms with Crippen LogP contribution in [0.5, 0.6) is 11.5 Å². The Kier molecular flexibility index (Phi) is 5.61. The largest absolute Gasteiger partial charge is 0.497 e. The van der Waals surface area contributed by atoms with Gasteiger partial charge >= 0.3 is 0 Å². The van der Waals surface area contributed by atoms with E-state index in [4.69, 9.17) is 13.9 Å². The van der Waals surface area contributed by atoms with Crippen LogP contribution in [0.3, 0.4) is 0 Å². The first-order chi connectivity index (χ1) is 14.6. The summed E-state index contributed by atoms with van der Waals surface area (Å²) < 4.78 is 16.5. The summed E-state index contributed by atoms with van der Waals surface area (Å²) in [7, 11) is 3.35. The summed E-state index contributed by atoms with van der Waals surface area (Å²) in [6, 6.07) is 15.4. The third-order valence-electron chi connectivity index (χ3n) is 4.64. The molecule has 0 aliphatic rings. The smallest absolute Gasteiger partial charge is 0.275 e. The zero-order chi connectivity index (χ0) is 20.9. The highest BCUT2D eigenvalue weighted by Gasteiger charge is 2.17. The second-order valence-corrected chi connectivity index (χ2v) is 6.81. The fourth-order valence-electron chi connectivity index (χ4n) is 3.07. The normalized spacial score (nSPS) is 10.7. The third kappa shape index (κ3) is 4.41. The highest BCUT2D eigenvalue weighted by atomic mass is 16.5. The van der Waals surface area contributed by atoms with E-state index < -0.39 is 0 Å². The number of ether oxygens (including phenoxy) is 2. The van der Waals surface area contributed by atoms with Crippen LogP contribution >= 0.6 is 0 Å². The molecule has 0 fully saturated rings. The predicted molar refractivity (Wildman–Crippen MR) is 111 cm³/mol.